The minimum atomic E-state index is -0.373. The summed E-state index contributed by atoms with van der Waals surface area (Å²) in [6.45, 7) is 4.72. The molecule has 2 amide bonds. The number of amides is 2. The molecular formula is C23H21N3O5S. The van der Waals surface area contributed by atoms with E-state index in [0.29, 0.717) is 46.6 Å². The van der Waals surface area contributed by atoms with Crippen molar-refractivity contribution in [2.45, 2.75) is 13.8 Å². The van der Waals surface area contributed by atoms with Crippen molar-refractivity contribution in [3.63, 3.8) is 0 Å². The average molecular weight is 452 g/mol. The number of hydrogen-bond acceptors (Lipinski definition) is 7. The summed E-state index contributed by atoms with van der Waals surface area (Å²) in [5.41, 5.74) is 1.74. The van der Waals surface area contributed by atoms with Crippen LogP contribution in [0.4, 0.5) is 10.8 Å². The van der Waals surface area contributed by atoms with Gasteiger partial charge in [-0.2, -0.15) is 0 Å². The smallest absolute Gasteiger partial charge is 0.293 e. The number of thiazole rings is 1. The van der Waals surface area contributed by atoms with E-state index in [9.17, 15) is 9.59 Å². The molecule has 0 spiro atoms. The molecule has 0 unspecified atom stereocenters. The first-order chi connectivity index (χ1) is 15.6. The number of rotatable bonds is 8. The zero-order chi connectivity index (χ0) is 22.5. The van der Waals surface area contributed by atoms with Gasteiger partial charge < -0.3 is 19.2 Å². The van der Waals surface area contributed by atoms with Crippen LogP contribution >= 0.6 is 11.3 Å². The molecule has 0 saturated heterocycles. The van der Waals surface area contributed by atoms with E-state index in [0.717, 1.165) is 4.70 Å². The van der Waals surface area contributed by atoms with Crippen LogP contribution in [0.2, 0.25) is 0 Å². The van der Waals surface area contributed by atoms with E-state index < -0.39 is 0 Å². The molecular weight excluding hydrogens is 430 g/mol. The van der Waals surface area contributed by atoms with Gasteiger partial charge >= 0.3 is 0 Å². The van der Waals surface area contributed by atoms with Gasteiger partial charge in [-0.3, -0.25) is 14.9 Å². The molecule has 0 aliphatic rings. The van der Waals surface area contributed by atoms with Crippen molar-refractivity contribution in [2.75, 3.05) is 23.8 Å². The first-order valence-corrected chi connectivity index (χ1v) is 10.8. The number of carbonyl (C=O) groups excluding carboxylic acids is 2. The van der Waals surface area contributed by atoms with Gasteiger partial charge in [0.05, 0.1) is 29.7 Å². The van der Waals surface area contributed by atoms with E-state index in [4.69, 9.17) is 13.9 Å². The Morgan fingerprint density at radius 2 is 1.72 bits per heavy atom. The number of fused-ring (bicyclic) bond motifs is 1. The first kappa shape index (κ1) is 21.4. The predicted octanol–water partition coefficient (Wildman–Crippen LogP) is 5.19. The van der Waals surface area contributed by atoms with Crippen LogP contribution in [-0.4, -0.2) is 30.0 Å². The first-order valence-electron chi connectivity index (χ1n) is 10.0. The van der Waals surface area contributed by atoms with E-state index in [-0.39, 0.29) is 17.6 Å². The van der Waals surface area contributed by atoms with Crippen LogP contribution in [0.25, 0.3) is 10.2 Å². The van der Waals surface area contributed by atoms with Crippen LogP contribution < -0.4 is 20.1 Å². The van der Waals surface area contributed by atoms with E-state index in [1.165, 1.54) is 17.6 Å². The molecule has 9 heteroatoms. The molecule has 8 nitrogen and oxygen atoms in total. The number of furan rings is 1. The highest BCUT2D eigenvalue weighted by atomic mass is 32.1. The Bertz CT molecular complexity index is 1230. The van der Waals surface area contributed by atoms with Crippen LogP contribution in [0.5, 0.6) is 11.5 Å². The van der Waals surface area contributed by atoms with Gasteiger partial charge in [0.25, 0.3) is 11.8 Å². The Kier molecular flexibility index (Phi) is 6.37. The Morgan fingerprint density at radius 1 is 0.969 bits per heavy atom. The Hall–Kier alpha value is -3.85. The van der Waals surface area contributed by atoms with Gasteiger partial charge in [0.1, 0.15) is 11.5 Å². The monoisotopic (exact) mass is 451 g/mol. The van der Waals surface area contributed by atoms with Crippen LogP contribution in [-0.2, 0) is 0 Å². The lowest BCUT2D eigenvalue weighted by Gasteiger charge is -2.11. The van der Waals surface area contributed by atoms with Crippen LogP contribution in [0, 0.1) is 0 Å². The number of carbonyl (C=O) groups is 2. The molecule has 2 aromatic carbocycles. The topological polar surface area (TPSA) is 103 Å². The lowest BCUT2D eigenvalue weighted by atomic mass is 10.1. The number of aromatic nitrogens is 1. The fourth-order valence-electron chi connectivity index (χ4n) is 3.03. The predicted molar refractivity (Wildman–Crippen MR) is 123 cm³/mol. The number of benzene rings is 2. The third-order valence-electron chi connectivity index (χ3n) is 4.38. The summed E-state index contributed by atoms with van der Waals surface area (Å²) in [5.74, 6) is 0.680. The summed E-state index contributed by atoms with van der Waals surface area (Å²) in [6.07, 6.45) is 1.43. The van der Waals surface area contributed by atoms with Gasteiger partial charge in [-0.15, -0.1) is 0 Å². The summed E-state index contributed by atoms with van der Waals surface area (Å²) in [5, 5.41) is 6.04. The highest BCUT2D eigenvalue weighted by molar-refractivity contribution is 7.22. The molecule has 2 N–H and O–H groups in total. The normalized spacial score (nSPS) is 10.7. The van der Waals surface area contributed by atoms with Crippen molar-refractivity contribution in [1.82, 2.24) is 4.98 Å². The van der Waals surface area contributed by atoms with Crippen molar-refractivity contribution in [1.29, 1.82) is 0 Å². The zero-order valence-electron chi connectivity index (χ0n) is 17.5. The van der Waals surface area contributed by atoms with Crippen molar-refractivity contribution in [2.24, 2.45) is 0 Å². The van der Waals surface area contributed by atoms with Crippen molar-refractivity contribution < 1.29 is 23.5 Å². The second-order valence-electron chi connectivity index (χ2n) is 6.65. The summed E-state index contributed by atoms with van der Waals surface area (Å²) in [7, 11) is 0. The van der Waals surface area contributed by atoms with Crippen LogP contribution in [0.1, 0.15) is 34.8 Å². The maximum atomic E-state index is 12.8. The minimum absolute atomic E-state index is 0.206. The summed E-state index contributed by atoms with van der Waals surface area (Å²) in [6, 6.07) is 13.7. The molecule has 0 aliphatic carbocycles. The molecule has 0 atom stereocenters. The Labute approximate surface area is 188 Å². The standard InChI is InChI=1S/C23H21N3O5S/c1-3-29-16-10-14(11-17(13-16)30-4-2)21(27)24-15-7-8-18-20(12-15)32-23(25-18)26-22(28)19-6-5-9-31-19/h5-13H,3-4H2,1-2H3,(H,24,27)(H,25,26,28). The number of hydrogen-bond donors (Lipinski definition) is 2. The van der Waals surface area contributed by atoms with E-state index >= 15 is 0 Å². The van der Waals surface area contributed by atoms with E-state index in [1.54, 1.807) is 42.5 Å². The molecule has 0 aliphatic heterocycles. The molecule has 32 heavy (non-hydrogen) atoms. The number of nitrogens with zero attached hydrogens (tertiary/aromatic N) is 1. The van der Waals surface area contributed by atoms with Gasteiger partial charge in [-0.25, -0.2) is 4.98 Å². The molecule has 4 rings (SSSR count). The fraction of sp³-hybridized carbons (Fsp3) is 0.174. The van der Waals surface area contributed by atoms with Gasteiger partial charge in [0.2, 0.25) is 0 Å². The molecule has 2 heterocycles. The van der Waals surface area contributed by atoms with E-state index in [2.05, 4.69) is 15.6 Å². The largest absolute Gasteiger partial charge is 0.494 e. The molecule has 0 fully saturated rings. The van der Waals surface area contributed by atoms with Gasteiger partial charge in [-0.1, -0.05) is 11.3 Å². The Balaban J connectivity index is 1.51. The second kappa shape index (κ2) is 9.52. The highest BCUT2D eigenvalue weighted by Crippen LogP contribution is 2.29. The lowest BCUT2D eigenvalue weighted by molar-refractivity contribution is 0.0994. The fourth-order valence-corrected chi connectivity index (χ4v) is 3.93. The molecule has 4 aromatic rings. The van der Waals surface area contributed by atoms with Gasteiger partial charge in [0.15, 0.2) is 10.9 Å². The molecule has 0 radical (unpaired) electrons. The highest BCUT2D eigenvalue weighted by Gasteiger charge is 2.14. The van der Waals surface area contributed by atoms with Crippen LogP contribution in [0.15, 0.2) is 59.2 Å². The third kappa shape index (κ3) is 4.89. The van der Waals surface area contributed by atoms with E-state index in [1.807, 2.05) is 19.9 Å². The molecule has 0 bridgehead atoms. The SMILES string of the molecule is CCOc1cc(OCC)cc(C(=O)Nc2ccc3nc(NC(=O)c4ccco4)sc3c2)c1. The quantitative estimate of drug-likeness (QED) is 0.382. The molecule has 0 saturated carbocycles. The molecule has 2 aromatic heterocycles. The lowest BCUT2D eigenvalue weighted by Crippen LogP contribution is -2.12. The summed E-state index contributed by atoms with van der Waals surface area (Å²) in [4.78, 5) is 29.4. The number of nitrogens with one attached hydrogen (secondary N) is 2. The Morgan fingerprint density at radius 3 is 2.38 bits per heavy atom. The maximum absolute atomic E-state index is 12.8. The minimum Gasteiger partial charge on any atom is -0.494 e. The van der Waals surface area contributed by atoms with Crippen LogP contribution in [0.3, 0.4) is 0 Å². The van der Waals surface area contributed by atoms with Crippen molar-refractivity contribution >= 4 is 44.2 Å². The second-order valence-corrected chi connectivity index (χ2v) is 7.68. The van der Waals surface area contributed by atoms with Gasteiger partial charge in [-0.05, 0) is 56.3 Å². The molecule has 164 valence electrons. The zero-order valence-corrected chi connectivity index (χ0v) is 18.3. The average Bonchev–Trinajstić information content (AvgIpc) is 3.43. The number of anilines is 2. The van der Waals surface area contributed by atoms with Crippen molar-refractivity contribution in [3.05, 3.63) is 66.1 Å². The van der Waals surface area contributed by atoms with Crippen molar-refractivity contribution in [3.8, 4) is 11.5 Å². The summed E-state index contributed by atoms with van der Waals surface area (Å²) >= 11 is 1.30. The third-order valence-corrected chi connectivity index (χ3v) is 5.31. The maximum Gasteiger partial charge on any atom is 0.293 e. The van der Waals surface area contributed by atoms with Gasteiger partial charge in [0, 0.05) is 17.3 Å². The summed E-state index contributed by atoms with van der Waals surface area (Å²) < 4.78 is 17.0. The number of ether oxygens (including phenoxy) is 2.